The molecular weight excluding hydrogens is 336 g/mol. The summed E-state index contributed by atoms with van der Waals surface area (Å²) in [6, 6.07) is 9.34. The van der Waals surface area contributed by atoms with Crippen LogP contribution < -0.4 is 0 Å². The van der Waals surface area contributed by atoms with Crippen molar-refractivity contribution in [3.8, 4) is 0 Å². The molecule has 1 aliphatic heterocycles. The Balaban J connectivity index is 1.41. The molecule has 1 aliphatic rings. The lowest BCUT2D eigenvalue weighted by atomic mass is 10.2. The summed E-state index contributed by atoms with van der Waals surface area (Å²) in [6.45, 7) is 2.03. The second kappa shape index (κ2) is 6.58. The highest BCUT2D eigenvalue weighted by atomic mass is 16.5. The van der Waals surface area contributed by atoms with Gasteiger partial charge in [0, 0.05) is 13.0 Å². The Morgan fingerprint density at radius 1 is 1.23 bits per heavy atom. The van der Waals surface area contributed by atoms with Crippen LogP contribution in [0.25, 0.3) is 11.0 Å². The minimum atomic E-state index is -0.470. The molecule has 0 fully saturated rings. The van der Waals surface area contributed by atoms with E-state index in [1.54, 1.807) is 20.3 Å². The lowest BCUT2D eigenvalue weighted by molar-refractivity contribution is -0.133. The third-order valence-electron chi connectivity index (χ3n) is 4.50. The van der Waals surface area contributed by atoms with Gasteiger partial charge in [-0.2, -0.15) is 5.10 Å². The first-order valence-electron chi connectivity index (χ1n) is 8.37. The number of benzene rings is 1. The van der Waals surface area contributed by atoms with Crippen LogP contribution in [0.3, 0.4) is 0 Å². The van der Waals surface area contributed by atoms with Crippen molar-refractivity contribution in [2.24, 2.45) is 0 Å². The Bertz CT molecular complexity index is 976. The van der Waals surface area contributed by atoms with E-state index < -0.39 is 5.97 Å². The maximum Gasteiger partial charge on any atom is 0.358 e. The fourth-order valence-corrected chi connectivity index (χ4v) is 3.13. The fourth-order valence-electron chi connectivity index (χ4n) is 3.13. The fraction of sp³-hybridized carbons (Fsp3) is 0.353. The summed E-state index contributed by atoms with van der Waals surface area (Å²) in [5.41, 5.74) is 2.83. The first-order chi connectivity index (χ1) is 12.7. The molecule has 1 amide bonds. The molecule has 9 heteroatoms. The van der Waals surface area contributed by atoms with Gasteiger partial charge in [-0.15, -0.1) is 5.10 Å². The second-order valence-corrected chi connectivity index (χ2v) is 6.10. The first-order valence-corrected chi connectivity index (χ1v) is 8.37. The number of nitrogens with zero attached hydrogens (tertiary/aromatic N) is 6. The van der Waals surface area contributed by atoms with E-state index in [-0.39, 0.29) is 11.6 Å². The smallest absolute Gasteiger partial charge is 0.358 e. The number of esters is 1. The van der Waals surface area contributed by atoms with Crippen molar-refractivity contribution < 1.29 is 14.3 Å². The monoisotopic (exact) mass is 354 g/mol. The lowest BCUT2D eigenvalue weighted by Gasteiger charge is -2.27. The summed E-state index contributed by atoms with van der Waals surface area (Å²) in [5.74, 6) is -0.431. The molecule has 0 radical (unpaired) electrons. The van der Waals surface area contributed by atoms with Gasteiger partial charge in [-0.05, 0) is 18.2 Å². The zero-order chi connectivity index (χ0) is 18.1. The van der Waals surface area contributed by atoms with Gasteiger partial charge in [0.25, 0.3) is 0 Å². The van der Waals surface area contributed by atoms with Crippen molar-refractivity contribution in [1.29, 1.82) is 0 Å². The maximum atomic E-state index is 12.6. The van der Waals surface area contributed by atoms with Crippen molar-refractivity contribution in [3.05, 3.63) is 41.7 Å². The van der Waals surface area contributed by atoms with Crippen LogP contribution in [0.2, 0.25) is 0 Å². The minimum Gasteiger partial charge on any atom is -0.464 e. The Morgan fingerprint density at radius 3 is 2.92 bits per heavy atom. The molecule has 134 valence electrons. The van der Waals surface area contributed by atoms with E-state index in [0.29, 0.717) is 32.6 Å². The van der Waals surface area contributed by atoms with Crippen molar-refractivity contribution >= 4 is 22.9 Å². The summed E-state index contributed by atoms with van der Waals surface area (Å²) >= 11 is 0. The predicted octanol–water partition coefficient (Wildman–Crippen LogP) is 0.847. The molecule has 0 saturated carbocycles. The molecule has 2 aromatic heterocycles. The first kappa shape index (κ1) is 16.2. The molecule has 3 aromatic rings. The number of aromatic nitrogens is 5. The summed E-state index contributed by atoms with van der Waals surface area (Å²) in [5, 5.41) is 12.4. The highest BCUT2D eigenvalue weighted by Gasteiger charge is 2.24. The van der Waals surface area contributed by atoms with E-state index >= 15 is 0 Å². The lowest BCUT2D eigenvalue weighted by Crippen LogP contribution is -2.38. The molecule has 0 atom stereocenters. The van der Waals surface area contributed by atoms with Gasteiger partial charge in [-0.3, -0.25) is 9.48 Å². The van der Waals surface area contributed by atoms with Gasteiger partial charge < -0.3 is 9.64 Å². The number of carbonyl (C=O) groups excluding carboxylic acids is 2. The van der Waals surface area contributed by atoms with Crippen LogP contribution in [0.4, 0.5) is 0 Å². The summed E-state index contributed by atoms with van der Waals surface area (Å²) < 4.78 is 8.19. The van der Waals surface area contributed by atoms with E-state index in [0.717, 1.165) is 16.7 Å². The third kappa shape index (κ3) is 2.92. The van der Waals surface area contributed by atoms with Crippen molar-refractivity contribution in [2.75, 3.05) is 13.7 Å². The normalized spacial score (nSPS) is 13.7. The van der Waals surface area contributed by atoms with Gasteiger partial charge in [-0.25, -0.2) is 9.48 Å². The third-order valence-corrected chi connectivity index (χ3v) is 4.50. The maximum absolute atomic E-state index is 12.6. The zero-order valence-corrected chi connectivity index (χ0v) is 14.3. The van der Waals surface area contributed by atoms with Gasteiger partial charge in [-0.1, -0.05) is 17.3 Å². The average Bonchev–Trinajstić information content (AvgIpc) is 3.28. The Morgan fingerprint density at radius 2 is 2.08 bits per heavy atom. The van der Waals surface area contributed by atoms with Crippen molar-refractivity contribution in [3.63, 3.8) is 0 Å². The molecule has 0 N–H and O–H groups in total. The van der Waals surface area contributed by atoms with Gasteiger partial charge in [0.15, 0.2) is 5.69 Å². The van der Waals surface area contributed by atoms with Crippen LogP contribution >= 0.6 is 0 Å². The molecule has 0 unspecified atom stereocenters. The molecule has 0 aliphatic carbocycles. The van der Waals surface area contributed by atoms with Crippen LogP contribution in [-0.2, 0) is 29.2 Å². The topological polar surface area (TPSA) is 95.1 Å². The van der Waals surface area contributed by atoms with Crippen LogP contribution in [-0.4, -0.2) is 55.2 Å². The molecular formula is C17H18N6O3. The zero-order valence-electron chi connectivity index (χ0n) is 14.3. The van der Waals surface area contributed by atoms with E-state index in [9.17, 15) is 9.59 Å². The predicted molar refractivity (Wildman–Crippen MR) is 91.1 cm³/mol. The number of hydrogen-bond acceptors (Lipinski definition) is 6. The Kier molecular flexibility index (Phi) is 4.11. The number of amides is 1. The highest BCUT2D eigenvalue weighted by molar-refractivity contribution is 5.87. The summed E-state index contributed by atoms with van der Waals surface area (Å²) in [7, 11) is 1.32. The van der Waals surface area contributed by atoms with Crippen molar-refractivity contribution in [2.45, 2.75) is 26.1 Å². The van der Waals surface area contributed by atoms with Crippen LogP contribution in [0.1, 0.15) is 22.6 Å². The number of ether oxygens (including phenoxy) is 1. The van der Waals surface area contributed by atoms with Gasteiger partial charge >= 0.3 is 5.97 Å². The SMILES string of the molecule is COC(=O)c1cc2n(n1)CCN(C(=O)CCn1nnc3ccccc31)C2. The average molecular weight is 354 g/mol. The minimum absolute atomic E-state index is 0.0386. The largest absolute Gasteiger partial charge is 0.464 e. The number of rotatable bonds is 4. The summed E-state index contributed by atoms with van der Waals surface area (Å²) in [4.78, 5) is 25.9. The molecule has 1 aromatic carbocycles. The Hall–Kier alpha value is -3.23. The number of fused-ring (bicyclic) bond motifs is 2. The summed E-state index contributed by atoms with van der Waals surface area (Å²) in [6.07, 6.45) is 0.339. The van der Waals surface area contributed by atoms with E-state index in [1.807, 2.05) is 24.3 Å². The molecule has 0 bridgehead atoms. The van der Waals surface area contributed by atoms with Crippen molar-refractivity contribution in [1.82, 2.24) is 29.7 Å². The molecule has 9 nitrogen and oxygen atoms in total. The quantitative estimate of drug-likeness (QED) is 0.645. The number of hydrogen-bond donors (Lipinski definition) is 0. The van der Waals surface area contributed by atoms with Crippen LogP contribution in [0.15, 0.2) is 30.3 Å². The van der Waals surface area contributed by atoms with Gasteiger partial charge in [0.05, 0.1) is 38.0 Å². The number of carbonyl (C=O) groups is 2. The van der Waals surface area contributed by atoms with Gasteiger partial charge in [0.2, 0.25) is 5.91 Å². The van der Waals surface area contributed by atoms with Crippen LogP contribution in [0.5, 0.6) is 0 Å². The van der Waals surface area contributed by atoms with E-state index in [1.165, 1.54) is 7.11 Å². The molecule has 3 heterocycles. The molecule has 0 saturated heterocycles. The van der Waals surface area contributed by atoms with Gasteiger partial charge in [0.1, 0.15) is 5.52 Å². The number of methoxy groups -OCH3 is 1. The number of aryl methyl sites for hydroxylation is 1. The number of para-hydroxylation sites is 1. The standard InChI is InChI=1S/C17H18N6O3/c1-26-17(25)14-10-12-11-21(8-9-22(12)19-14)16(24)6-7-23-15-5-3-2-4-13(15)18-20-23/h2-5,10H,6-9,11H2,1H3. The molecule has 0 spiro atoms. The van der Waals surface area contributed by atoms with E-state index in [2.05, 4.69) is 15.4 Å². The Labute approximate surface area is 149 Å². The molecule has 26 heavy (non-hydrogen) atoms. The second-order valence-electron chi connectivity index (χ2n) is 6.10. The van der Waals surface area contributed by atoms with E-state index in [4.69, 9.17) is 4.74 Å². The molecule has 4 rings (SSSR count). The van der Waals surface area contributed by atoms with Crippen LogP contribution in [0, 0.1) is 0 Å². The highest BCUT2D eigenvalue weighted by Crippen LogP contribution is 2.16.